The van der Waals surface area contributed by atoms with Gasteiger partial charge in [-0.15, -0.1) is 0 Å². The van der Waals surface area contributed by atoms with Gasteiger partial charge in [-0.05, 0) is 100 Å². The largest absolute Gasteiger partial charge is 0.309 e. The predicted octanol–water partition coefficient (Wildman–Crippen LogP) is 15.0. The summed E-state index contributed by atoms with van der Waals surface area (Å²) in [5.74, 6) is 1.94. The van der Waals surface area contributed by atoms with E-state index in [4.69, 9.17) is 15.0 Å². The molecule has 0 amide bonds. The van der Waals surface area contributed by atoms with Gasteiger partial charge in [-0.25, -0.2) is 15.0 Å². The van der Waals surface area contributed by atoms with Crippen molar-refractivity contribution in [2.75, 3.05) is 0 Å². The maximum atomic E-state index is 5.20. The Hall–Kier alpha value is -8.41. The highest BCUT2D eigenvalue weighted by atomic mass is 15.0. The molecule has 9 aromatic carbocycles. The molecule has 0 unspecified atom stereocenters. The number of fused-ring (bicyclic) bond motifs is 9. The maximum Gasteiger partial charge on any atom is 0.164 e. The van der Waals surface area contributed by atoms with Crippen LogP contribution in [0.3, 0.4) is 0 Å². The molecule has 5 heteroatoms. The smallest absolute Gasteiger partial charge is 0.164 e. The van der Waals surface area contributed by atoms with Gasteiger partial charge in [0.15, 0.2) is 17.5 Å². The maximum absolute atomic E-state index is 5.20. The van der Waals surface area contributed by atoms with E-state index in [1.807, 2.05) is 18.2 Å². The van der Waals surface area contributed by atoms with Crippen LogP contribution in [0.1, 0.15) is 25.0 Å². The van der Waals surface area contributed by atoms with Crippen LogP contribution in [0.2, 0.25) is 0 Å². The third kappa shape index (κ3) is 5.82. The lowest BCUT2D eigenvalue weighted by molar-refractivity contribution is 0.660. The van der Waals surface area contributed by atoms with Crippen LogP contribution in [0.4, 0.5) is 0 Å². The molecule has 5 nitrogen and oxygen atoms in total. The number of aromatic nitrogens is 5. The number of nitrogens with zero attached hydrogens (tertiary/aromatic N) is 5. The first-order valence-electron chi connectivity index (χ1n) is 22.3. The van der Waals surface area contributed by atoms with E-state index in [1.165, 1.54) is 60.4 Å². The average molecular weight is 832 g/mol. The molecule has 65 heavy (non-hydrogen) atoms. The van der Waals surface area contributed by atoms with Crippen molar-refractivity contribution in [3.8, 4) is 67.8 Å². The SMILES string of the molecule is CC1(C)c2ccccc2-c2ccc(-c3nc(-c4ccccc4)nc(-c4ccc(-n5c6ccccc6c6cc7c8ccccc8n(-c8ccc(-c9ccccc9)cc8)c7cc65)cc4)n3)cc21. The molecule has 12 aromatic rings. The number of para-hydroxylation sites is 2. The van der Waals surface area contributed by atoms with Crippen molar-refractivity contribution in [2.24, 2.45) is 0 Å². The zero-order valence-corrected chi connectivity index (χ0v) is 35.9. The van der Waals surface area contributed by atoms with Crippen LogP contribution in [-0.2, 0) is 5.41 Å². The molecule has 0 saturated carbocycles. The van der Waals surface area contributed by atoms with E-state index in [2.05, 4.69) is 217 Å². The average Bonchev–Trinajstić information content (AvgIpc) is 3.95. The molecule has 0 spiro atoms. The Bertz CT molecular complexity index is 3820. The minimum Gasteiger partial charge on any atom is -0.309 e. The molecule has 0 saturated heterocycles. The van der Waals surface area contributed by atoms with Crippen molar-refractivity contribution >= 4 is 43.6 Å². The number of hydrogen-bond acceptors (Lipinski definition) is 3. The Morgan fingerprint density at radius 3 is 1.34 bits per heavy atom. The van der Waals surface area contributed by atoms with Crippen LogP contribution in [0.25, 0.3) is 111 Å². The number of benzene rings is 9. The molecule has 0 N–H and O–H groups in total. The van der Waals surface area contributed by atoms with Crippen molar-refractivity contribution in [1.82, 2.24) is 24.1 Å². The number of rotatable bonds is 6. The summed E-state index contributed by atoms with van der Waals surface area (Å²) in [5, 5.41) is 4.90. The van der Waals surface area contributed by atoms with Crippen molar-refractivity contribution < 1.29 is 0 Å². The molecule has 306 valence electrons. The molecular weight excluding hydrogens is 791 g/mol. The van der Waals surface area contributed by atoms with E-state index in [-0.39, 0.29) is 5.41 Å². The van der Waals surface area contributed by atoms with Crippen molar-refractivity contribution in [3.05, 3.63) is 223 Å². The highest BCUT2D eigenvalue weighted by Crippen LogP contribution is 2.49. The van der Waals surface area contributed by atoms with Crippen LogP contribution >= 0.6 is 0 Å². The Morgan fingerprint density at radius 2 is 0.738 bits per heavy atom. The summed E-state index contributed by atoms with van der Waals surface area (Å²) >= 11 is 0. The highest BCUT2D eigenvalue weighted by molar-refractivity contribution is 6.19. The minimum atomic E-state index is -0.140. The molecule has 0 atom stereocenters. The van der Waals surface area contributed by atoms with Crippen LogP contribution in [0, 0.1) is 0 Å². The Balaban J connectivity index is 0.947. The van der Waals surface area contributed by atoms with E-state index in [9.17, 15) is 0 Å². The van der Waals surface area contributed by atoms with Crippen LogP contribution < -0.4 is 0 Å². The van der Waals surface area contributed by atoms with Crippen molar-refractivity contribution in [3.63, 3.8) is 0 Å². The molecule has 13 rings (SSSR count). The summed E-state index contributed by atoms with van der Waals surface area (Å²) in [4.78, 5) is 15.4. The number of hydrogen-bond donors (Lipinski definition) is 0. The highest BCUT2D eigenvalue weighted by Gasteiger charge is 2.35. The summed E-state index contributed by atoms with van der Waals surface area (Å²) in [6.07, 6.45) is 0. The van der Waals surface area contributed by atoms with Crippen LogP contribution in [0.5, 0.6) is 0 Å². The van der Waals surface area contributed by atoms with E-state index >= 15 is 0 Å². The first kappa shape index (κ1) is 37.2. The summed E-state index contributed by atoms with van der Waals surface area (Å²) in [6, 6.07) is 76.1. The summed E-state index contributed by atoms with van der Waals surface area (Å²) in [5.41, 5.74) is 17.1. The van der Waals surface area contributed by atoms with Gasteiger partial charge >= 0.3 is 0 Å². The minimum absolute atomic E-state index is 0.140. The standard InChI is InChI=1S/C60H41N5/c1-60(2)51-22-12-9-19-45(51)46-34-29-42(35-52(46)60)59-62-57(40-17-7-4-8-18-40)61-58(63-59)41-27-32-44(33-28-41)65-54-24-14-11-21-48(54)50-36-49-47-20-10-13-23-53(47)64(55(49)37-56(50)65)43-30-25-39(26-31-43)38-15-5-3-6-16-38/h3-37H,1-2H3. The Morgan fingerprint density at radius 1 is 0.308 bits per heavy atom. The molecule has 3 heterocycles. The quantitative estimate of drug-likeness (QED) is 0.168. The third-order valence-electron chi connectivity index (χ3n) is 13.6. The lowest BCUT2D eigenvalue weighted by Crippen LogP contribution is -2.15. The normalized spacial score (nSPS) is 12.9. The van der Waals surface area contributed by atoms with Gasteiger partial charge in [0.1, 0.15) is 0 Å². The van der Waals surface area contributed by atoms with E-state index in [1.54, 1.807) is 0 Å². The van der Waals surface area contributed by atoms with Crippen LogP contribution in [-0.4, -0.2) is 24.1 Å². The monoisotopic (exact) mass is 831 g/mol. The molecule has 1 aliphatic carbocycles. The Labute approximate surface area is 376 Å². The zero-order valence-electron chi connectivity index (χ0n) is 35.9. The van der Waals surface area contributed by atoms with Gasteiger partial charge in [0, 0.05) is 55.0 Å². The lowest BCUT2D eigenvalue weighted by Gasteiger charge is -2.21. The van der Waals surface area contributed by atoms with Gasteiger partial charge in [0.05, 0.1) is 22.1 Å². The predicted molar refractivity (Wildman–Crippen MR) is 268 cm³/mol. The summed E-state index contributed by atoms with van der Waals surface area (Å²) in [6.45, 7) is 4.61. The fourth-order valence-electron chi connectivity index (χ4n) is 10.4. The molecular formula is C60H41N5. The summed E-state index contributed by atoms with van der Waals surface area (Å²) < 4.78 is 4.81. The van der Waals surface area contributed by atoms with Gasteiger partial charge in [-0.3, -0.25) is 0 Å². The summed E-state index contributed by atoms with van der Waals surface area (Å²) in [7, 11) is 0. The molecule has 0 bridgehead atoms. The van der Waals surface area contributed by atoms with Gasteiger partial charge in [-0.2, -0.15) is 0 Å². The van der Waals surface area contributed by atoms with Crippen molar-refractivity contribution in [2.45, 2.75) is 19.3 Å². The lowest BCUT2D eigenvalue weighted by atomic mass is 9.82. The van der Waals surface area contributed by atoms with E-state index in [0.29, 0.717) is 17.5 Å². The van der Waals surface area contributed by atoms with E-state index < -0.39 is 0 Å². The fraction of sp³-hybridized carbons (Fsp3) is 0.0500. The van der Waals surface area contributed by atoms with Gasteiger partial charge in [0.25, 0.3) is 0 Å². The van der Waals surface area contributed by atoms with Gasteiger partial charge in [0.2, 0.25) is 0 Å². The van der Waals surface area contributed by atoms with E-state index in [0.717, 1.165) is 44.6 Å². The first-order chi connectivity index (χ1) is 32.0. The molecule has 0 aliphatic heterocycles. The van der Waals surface area contributed by atoms with Gasteiger partial charge in [-0.1, -0.05) is 159 Å². The second-order valence-electron chi connectivity index (χ2n) is 17.7. The molecule has 0 fully saturated rings. The second kappa shape index (κ2) is 14.3. The Kier molecular flexibility index (Phi) is 8.18. The fourth-order valence-corrected chi connectivity index (χ4v) is 10.4. The second-order valence-corrected chi connectivity index (χ2v) is 17.7. The van der Waals surface area contributed by atoms with Crippen LogP contribution in [0.15, 0.2) is 212 Å². The first-order valence-corrected chi connectivity index (χ1v) is 22.3. The molecule has 1 aliphatic rings. The molecule has 3 aromatic heterocycles. The van der Waals surface area contributed by atoms with Gasteiger partial charge < -0.3 is 9.13 Å². The molecule has 0 radical (unpaired) electrons. The topological polar surface area (TPSA) is 48.5 Å². The zero-order chi connectivity index (χ0) is 43.2. The third-order valence-corrected chi connectivity index (χ3v) is 13.6. The van der Waals surface area contributed by atoms with Crippen molar-refractivity contribution in [1.29, 1.82) is 0 Å².